The molecule has 4 nitrogen and oxygen atoms in total. The van der Waals surface area contributed by atoms with E-state index < -0.39 is 11.9 Å². The van der Waals surface area contributed by atoms with Gasteiger partial charge in [-0.15, -0.1) is 6.58 Å². The van der Waals surface area contributed by atoms with Crippen molar-refractivity contribution >= 4 is 11.9 Å². The maximum Gasteiger partial charge on any atom is 0.303 e. The van der Waals surface area contributed by atoms with E-state index in [1.54, 1.807) is 0 Å². The van der Waals surface area contributed by atoms with Crippen LogP contribution in [0.15, 0.2) is 12.7 Å². The van der Waals surface area contributed by atoms with Crippen LogP contribution in [0.25, 0.3) is 0 Å². The van der Waals surface area contributed by atoms with Crippen molar-refractivity contribution in [3.05, 3.63) is 12.7 Å². The van der Waals surface area contributed by atoms with Crippen LogP contribution >= 0.6 is 0 Å². The Morgan fingerprint density at radius 3 is 1.56 bits per heavy atom. The molecule has 2 N–H and O–H groups in total. The van der Waals surface area contributed by atoms with Crippen LogP contribution in [0.3, 0.4) is 0 Å². The molecule has 4 heteroatoms. The Morgan fingerprint density at radius 2 is 1.08 bits per heavy atom. The highest BCUT2D eigenvalue weighted by Gasteiger charge is 2.08. The Morgan fingerprint density at radius 1 is 0.680 bits per heavy atom. The van der Waals surface area contributed by atoms with Crippen LogP contribution in [0, 0.1) is 5.92 Å². The van der Waals surface area contributed by atoms with Crippen molar-refractivity contribution in [3.63, 3.8) is 0 Å². The summed E-state index contributed by atoms with van der Waals surface area (Å²) in [4.78, 5) is 21.0. The Hall–Kier alpha value is -1.32. The van der Waals surface area contributed by atoms with Gasteiger partial charge in [-0.1, -0.05) is 70.3 Å². The van der Waals surface area contributed by atoms with Crippen LogP contribution in [0.5, 0.6) is 0 Å². The zero-order valence-corrected chi connectivity index (χ0v) is 15.9. The van der Waals surface area contributed by atoms with Gasteiger partial charge in [0.25, 0.3) is 0 Å². The van der Waals surface area contributed by atoms with Gasteiger partial charge < -0.3 is 10.2 Å². The van der Waals surface area contributed by atoms with E-state index in [0.717, 1.165) is 38.5 Å². The maximum absolute atomic E-state index is 10.6. The summed E-state index contributed by atoms with van der Waals surface area (Å²) in [6, 6.07) is 0. The molecule has 0 saturated heterocycles. The van der Waals surface area contributed by atoms with Crippen LogP contribution in [-0.4, -0.2) is 22.2 Å². The number of unbranched alkanes of at least 4 members (excludes halogenated alkanes) is 9. The van der Waals surface area contributed by atoms with Gasteiger partial charge in [-0.3, -0.25) is 9.59 Å². The fraction of sp³-hybridized carbons (Fsp3) is 0.810. The summed E-state index contributed by atoms with van der Waals surface area (Å²) in [5.74, 6) is -0.779. The van der Waals surface area contributed by atoms with Crippen LogP contribution in [-0.2, 0) is 9.59 Å². The summed E-state index contributed by atoms with van der Waals surface area (Å²) in [6.45, 7) is 3.81. The molecule has 0 heterocycles. The molecule has 1 atom stereocenters. The minimum atomic E-state index is -0.695. The lowest BCUT2D eigenvalue weighted by molar-refractivity contribution is -0.138. The summed E-state index contributed by atoms with van der Waals surface area (Å²) in [5.41, 5.74) is 0. The van der Waals surface area contributed by atoms with Crippen molar-refractivity contribution in [2.45, 2.75) is 103 Å². The molecule has 0 spiro atoms. The van der Waals surface area contributed by atoms with E-state index in [0.29, 0.717) is 12.3 Å². The highest BCUT2D eigenvalue weighted by Crippen LogP contribution is 2.21. The molecular weight excluding hydrogens is 316 g/mol. The Balaban J connectivity index is 3.40. The number of aliphatic carboxylic acids is 2. The number of carboxylic acids is 2. The van der Waals surface area contributed by atoms with Crippen LogP contribution < -0.4 is 0 Å². The molecule has 0 aliphatic carbocycles. The second kappa shape index (κ2) is 17.5. The van der Waals surface area contributed by atoms with Crippen LogP contribution in [0.4, 0.5) is 0 Å². The number of allylic oxidation sites excluding steroid dienone is 1. The third kappa shape index (κ3) is 18.9. The molecule has 0 bridgehead atoms. The molecule has 0 aromatic heterocycles. The number of hydrogen-bond acceptors (Lipinski definition) is 2. The van der Waals surface area contributed by atoms with Crippen molar-refractivity contribution in [1.29, 1.82) is 0 Å². The predicted octanol–water partition coefficient (Wildman–Crippen LogP) is 6.20. The average Bonchev–Trinajstić information content (AvgIpc) is 2.55. The van der Waals surface area contributed by atoms with Gasteiger partial charge in [0.2, 0.25) is 0 Å². The highest BCUT2D eigenvalue weighted by atomic mass is 16.4. The van der Waals surface area contributed by atoms with Gasteiger partial charge in [0, 0.05) is 12.8 Å². The van der Waals surface area contributed by atoms with Crippen LogP contribution in [0.1, 0.15) is 103 Å². The lowest BCUT2D eigenvalue weighted by Gasteiger charge is -2.14. The molecule has 146 valence electrons. The molecule has 1 unspecified atom stereocenters. The largest absolute Gasteiger partial charge is 0.481 e. The highest BCUT2D eigenvalue weighted by molar-refractivity contribution is 5.66. The topological polar surface area (TPSA) is 74.6 Å². The second-order valence-corrected chi connectivity index (χ2v) is 7.14. The zero-order valence-electron chi connectivity index (χ0n) is 15.9. The van der Waals surface area contributed by atoms with E-state index in [4.69, 9.17) is 10.2 Å². The number of carboxylic acid groups (broad SMARTS) is 2. The number of hydrogen-bond donors (Lipinski definition) is 2. The van der Waals surface area contributed by atoms with Gasteiger partial charge in [-0.25, -0.2) is 0 Å². The van der Waals surface area contributed by atoms with Gasteiger partial charge in [0.1, 0.15) is 0 Å². The lowest BCUT2D eigenvalue weighted by Crippen LogP contribution is -2.02. The molecule has 0 aliphatic rings. The first-order valence-electron chi connectivity index (χ1n) is 10.1. The summed E-state index contributed by atoms with van der Waals surface area (Å²) in [5, 5.41) is 17.3. The van der Waals surface area contributed by atoms with E-state index in [2.05, 4.69) is 6.58 Å². The van der Waals surface area contributed by atoms with Crippen LogP contribution in [0.2, 0.25) is 0 Å². The summed E-state index contributed by atoms with van der Waals surface area (Å²) >= 11 is 0. The Kier molecular flexibility index (Phi) is 16.6. The first kappa shape index (κ1) is 23.7. The predicted molar refractivity (Wildman–Crippen MR) is 103 cm³/mol. The summed E-state index contributed by atoms with van der Waals surface area (Å²) in [6.07, 6.45) is 18.4. The molecule has 0 aromatic carbocycles. The first-order chi connectivity index (χ1) is 12.1. The van der Waals surface area contributed by atoms with E-state index in [-0.39, 0.29) is 6.42 Å². The van der Waals surface area contributed by atoms with Gasteiger partial charge in [-0.05, 0) is 31.6 Å². The third-order valence-electron chi connectivity index (χ3n) is 4.76. The molecule has 0 aliphatic heterocycles. The average molecular weight is 355 g/mol. The quantitative estimate of drug-likeness (QED) is 0.214. The maximum atomic E-state index is 10.6. The third-order valence-corrected chi connectivity index (χ3v) is 4.76. The first-order valence-corrected chi connectivity index (χ1v) is 10.1. The van der Waals surface area contributed by atoms with Gasteiger partial charge >= 0.3 is 11.9 Å². The van der Waals surface area contributed by atoms with Gasteiger partial charge in [0.15, 0.2) is 0 Å². The minimum absolute atomic E-state index is 0.282. The molecule has 0 fully saturated rings. The van der Waals surface area contributed by atoms with Crippen molar-refractivity contribution in [1.82, 2.24) is 0 Å². The normalized spacial score (nSPS) is 12.0. The van der Waals surface area contributed by atoms with Crippen molar-refractivity contribution in [3.8, 4) is 0 Å². The standard InChI is InChI=1S/C21H38O4/c1-2-14-19(16-13-18-21(24)25)15-11-9-7-5-3-4-6-8-10-12-17-20(22)23/h2,19H,1,3-18H2,(H,22,23)(H,24,25). The van der Waals surface area contributed by atoms with Crippen molar-refractivity contribution in [2.75, 3.05) is 0 Å². The SMILES string of the molecule is C=CCC(CCCCCCCCCCCCC(=O)O)CCCC(=O)O. The molecule has 0 rings (SSSR count). The molecule has 0 aromatic rings. The van der Waals surface area contributed by atoms with Crippen molar-refractivity contribution < 1.29 is 19.8 Å². The smallest absolute Gasteiger partial charge is 0.303 e. The molecular formula is C21H38O4. The zero-order chi connectivity index (χ0) is 18.8. The van der Waals surface area contributed by atoms with E-state index in [9.17, 15) is 9.59 Å². The fourth-order valence-electron chi connectivity index (χ4n) is 3.28. The van der Waals surface area contributed by atoms with E-state index in [1.807, 2.05) is 6.08 Å². The molecule has 25 heavy (non-hydrogen) atoms. The second-order valence-electron chi connectivity index (χ2n) is 7.14. The number of carbonyl (C=O) groups is 2. The molecule has 0 saturated carbocycles. The van der Waals surface area contributed by atoms with Crippen molar-refractivity contribution in [2.24, 2.45) is 5.92 Å². The monoisotopic (exact) mass is 354 g/mol. The Labute approximate surface area is 153 Å². The lowest BCUT2D eigenvalue weighted by atomic mass is 9.92. The summed E-state index contributed by atoms with van der Waals surface area (Å²) < 4.78 is 0. The van der Waals surface area contributed by atoms with E-state index in [1.165, 1.54) is 51.4 Å². The molecule has 0 amide bonds. The minimum Gasteiger partial charge on any atom is -0.481 e. The Bertz CT molecular complexity index is 352. The summed E-state index contributed by atoms with van der Waals surface area (Å²) in [7, 11) is 0. The van der Waals surface area contributed by atoms with Gasteiger partial charge in [-0.2, -0.15) is 0 Å². The molecule has 0 radical (unpaired) electrons. The fourth-order valence-corrected chi connectivity index (χ4v) is 3.28. The van der Waals surface area contributed by atoms with E-state index >= 15 is 0 Å². The van der Waals surface area contributed by atoms with Gasteiger partial charge in [0.05, 0.1) is 0 Å². The number of rotatable bonds is 19.